The smallest absolute Gasteiger partial charge is 0.125 e. The van der Waals surface area contributed by atoms with E-state index in [-0.39, 0.29) is 12.4 Å². The summed E-state index contributed by atoms with van der Waals surface area (Å²) < 4.78 is 18.5. The first-order valence-electron chi connectivity index (χ1n) is 6.54. The lowest BCUT2D eigenvalue weighted by Gasteiger charge is -2.15. The normalized spacial score (nSPS) is 16.1. The van der Waals surface area contributed by atoms with Gasteiger partial charge in [-0.05, 0) is 50.6 Å². The molecule has 100 valence electrons. The van der Waals surface area contributed by atoms with Crippen LogP contribution in [-0.2, 0) is 6.61 Å². The molecular weight excluding hydrogens is 233 g/mol. The summed E-state index contributed by atoms with van der Waals surface area (Å²) in [5.74, 6) is 0.240. The predicted molar refractivity (Wildman–Crippen MR) is 68.1 cm³/mol. The molecular formula is C14H20FNO2. The number of halogens is 1. The number of hydrogen-bond acceptors (Lipinski definition) is 3. The molecule has 0 spiro atoms. The van der Waals surface area contributed by atoms with E-state index >= 15 is 0 Å². The minimum absolute atomic E-state index is 0.195. The van der Waals surface area contributed by atoms with Gasteiger partial charge in [-0.1, -0.05) is 0 Å². The maximum atomic E-state index is 13.0. The first-order valence-corrected chi connectivity index (χ1v) is 6.54. The largest absolute Gasteiger partial charge is 0.493 e. The van der Waals surface area contributed by atoms with Gasteiger partial charge in [-0.25, -0.2) is 4.39 Å². The molecule has 0 aromatic heterocycles. The summed E-state index contributed by atoms with van der Waals surface area (Å²) in [6.07, 6.45) is 3.56. The number of ether oxygens (including phenoxy) is 1. The van der Waals surface area contributed by atoms with Crippen LogP contribution in [0.25, 0.3) is 0 Å². The molecule has 1 N–H and O–H groups in total. The van der Waals surface area contributed by atoms with E-state index in [9.17, 15) is 4.39 Å². The van der Waals surface area contributed by atoms with Crippen molar-refractivity contribution in [2.24, 2.45) is 0 Å². The van der Waals surface area contributed by atoms with Gasteiger partial charge in [-0.3, -0.25) is 0 Å². The van der Waals surface area contributed by atoms with Gasteiger partial charge in [-0.15, -0.1) is 0 Å². The standard InChI is InChI=1S/C14H20FNO2/c15-13-4-5-14(12(10-13)11-17)18-9-3-8-16-6-1-2-7-16/h4-5,10,17H,1-3,6-9,11H2. The molecule has 18 heavy (non-hydrogen) atoms. The van der Waals surface area contributed by atoms with E-state index in [2.05, 4.69) is 4.90 Å². The van der Waals surface area contributed by atoms with E-state index in [1.54, 1.807) is 6.07 Å². The van der Waals surface area contributed by atoms with Gasteiger partial charge in [0.2, 0.25) is 0 Å². The Hall–Kier alpha value is -1.13. The summed E-state index contributed by atoms with van der Waals surface area (Å²) >= 11 is 0. The number of aliphatic hydroxyl groups is 1. The lowest BCUT2D eigenvalue weighted by Crippen LogP contribution is -2.22. The maximum absolute atomic E-state index is 13.0. The van der Waals surface area contributed by atoms with Crippen molar-refractivity contribution in [3.63, 3.8) is 0 Å². The number of benzene rings is 1. The summed E-state index contributed by atoms with van der Waals surface area (Å²) in [5, 5.41) is 9.12. The van der Waals surface area contributed by atoms with Crippen molar-refractivity contribution in [3.8, 4) is 5.75 Å². The van der Waals surface area contributed by atoms with Gasteiger partial charge in [-0.2, -0.15) is 0 Å². The summed E-state index contributed by atoms with van der Waals surface area (Å²) in [7, 11) is 0. The molecule has 1 saturated heterocycles. The molecule has 1 heterocycles. The Morgan fingerprint density at radius 3 is 2.78 bits per heavy atom. The topological polar surface area (TPSA) is 32.7 Å². The minimum atomic E-state index is -0.344. The van der Waals surface area contributed by atoms with E-state index in [1.807, 2.05) is 0 Å². The number of nitrogens with zero attached hydrogens (tertiary/aromatic N) is 1. The number of rotatable bonds is 6. The number of aliphatic hydroxyl groups excluding tert-OH is 1. The molecule has 4 heteroatoms. The molecule has 0 bridgehead atoms. The van der Waals surface area contributed by atoms with Crippen LogP contribution in [0.3, 0.4) is 0 Å². The van der Waals surface area contributed by atoms with Crippen molar-refractivity contribution in [2.45, 2.75) is 25.9 Å². The van der Waals surface area contributed by atoms with Crippen LogP contribution < -0.4 is 4.74 Å². The Morgan fingerprint density at radius 2 is 2.06 bits per heavy atom. The highest BCUT2D eigenvalue weighted by atomic mass is 19.1. The number of hydrogen-bond donors (Lipinski definition) is 1. The molecule has 0 aliphatic carbocycles. The molecule has 1 aromatic rings. The van der Waals surface area contributed by atoms with Gasteiger partial charge < -0.3 is 14.7 Å². The molecule has 0 radical (unpaired) electrons. The molecule has 1 aliphatic rings. The van der Waals surface area contributed by atoms with Gasteiger partial charge in [0.05, 0.1) is 13.2 Å². The Labute approximate surface area is 107 Å². The molecule has 1 aromatic carbocycles. The van der Waals surface area contributed by atoms with E-state index in [0.717, 1.165) is 13.0 Å². The lowest BCUT2D eigenvalue weighted by atomic mass is 10.2. The molecule has 1 fully saturated rings. The van der Waals surface area contributed by atoms with Crippen molar-refractivity contribution in [2.75, 3.05) is 26.2 Å². The van der Waals surface area contributed by atoms with E-state index in [1.165, 1.54) is 38.1 Å². The molecule has 0 atom stereocenters. The first-order chi connectivity index (χ1) is 8.79. The summed E-state index contributed by atoms with van der Waals surface area (Å²) in [4.78, 5) is 2.43. The Bertz CT molecular complexity index is 378. The molecule has 0 unspecified atom stereocenters. The summed E-state index contributed by atoms with van der Waals surface area (Å²) in [5.41, 5.74) is 0.510. The fourth-order valence-corrected chi connectivity index (χ4v) is 2.29. The Kier molecular flexibility index (Phi) is 4.96. The maximum Gasteiger partial charge on any atom is 0.125 e. The van der Waals surface area contributed by atoms with Crippen molar-refractivity contribution < 1.29 is 14.2 Å². The average molecular weight is 253 g/mol. The van der Waals surface area contributed by atoms with Crippen LogP contribution in [0, 0.1) is 5.82 Å². The SMILES string of the molecule is OCc1cc(F)ccc1OCCCN1CCCC1. The van der Waals surface area contributed by atoms with Crippen LogP contribution in [0.1, 0.15) is 24.8 Å². The second-order valence-corrected chi connectivity index (χ2v) is 4.66. The highest BCUT2D eigenvalue weighted by Gasteiger charge is 2.10. The van der Waals surface area contributed by atoms with Crippen LogP contribution in [0.15, 0.2) is 18.2 Å². The summed E-state index contributed by atoms with van der Waals surface area (Å²) in [6, 6.07) is 4.25. The zero-order valence-electron chi connectivity index (χ0n) is 10.6. The third-order valence-electron chi connectivity index (χ3n) is 3.27. The molecule has 0 amide bonds. The van der Waals surface area contributed by atoms with Crippen molar-refractivity contribution in [3.05, 3.63) is 29.6 Å². The average Bonchev–Trinajstić information content (AvgIpc) is 2.89. The second-order valence-electron chi connectivity index (χ2n) is 4.66. The van der Waals surface area contributed by atoms with Crippen LogP contribution >= 0.6 is 0 Å². The van der Waals surface area contributed by atoms with Crippen LogP contribution in [0.5, 0.6) is 5.75 Å². The lowest BCUT2D eigenvalue weighted by molar-refractivity contribution is 0.245. The fourth-order valence-electron chi connectivity index (χ4n) is 2.29. The second kappa shape index (κ2) is 6.71. The van der Waals surface area contributed by atoms with E-state index < -0.39 is 0 Å². The van der Waals surface area contributed by atoms with Gasteiger partial charge >= 0.3 is 0 Å². The van der Waals surface area contributed by atoms with E-state index in [0.29, 0.717) is 17.9 Å². The van der Waals surface area contributed by atoms with Crippen molar-refractivity contribution in [1.82, 2.24) is 4.90 Å². The predicted octanol–water partition coefficient (Wildman–Crippen LogP) is 2.18. The zero-order valence-corrected chi connectivity index (χ0v) is 10.6. The number of likely N-dealkylation sites (tertiary alicyclic amines) is 1. The molecule has 0 saturated carbocycles. The minimum Gasteiger partial charge on any atom is -0.493 e. The third kappa shape index (κ3) is 3.68. The Balaban J connectivity index is 1.75. The summed E-state index contributed by atoms with van der Waals surface area (Å²) in [6.45, 7) is 3.85. The fraction of sp³-hybridized carbons (Fsp3) is 0.571. The van der Waals surface area contributed by atoms with Crippen LogP contribution in [0.2, 0.25) is 0 Å². The highest BCUT2D eigenvalue weighted by molar-refractivity contribution is 5.33. The monoisotopic (exact) mass is 253 g/mol. The first kappa shape index (κ1) is 13.3. The van der Waals surface area contributed by atoms with Gasteiger partial charge in [0.25, 0.3) is 0 Å². The third-order valence-corrected chi connectivity index (χ3v) is 3.27. The molecule has 3 nitrogen and oxygen atoms in total. The molecule has 1 aliphatic heterocycles. The molecule has 2 rings (SSSR count). The van der Waals surface area contributed by atoms with Gasteiger partial charge in [0.15, 0.2) is 0 Å². The van der Waals surface area contributed by atoms with Gasteiger partial charge in [0.1, 0.15) is 11.6 Å². The zero-order chi connectivity index (χ0) is 12.8. The van der Waals surface area contributed by atoms with E-state index in [4.69, 9.17) is 9.84 Å². The van der Waals surface area contributed by atoms with Crippen LogP contribution in [-0.4, -0.2) is 36.2 Å². The van der Waals surface area contributed by atoms with Crippen molar-refractivity contribution in [1.29, 1.82) is 0 Å². The van der Waals surface area contributed by atoms with Crippen molar-refractivity contribution >= 4 is 0 Å². The highest BCUT2D eigenvalue weighted by Crippen LogP contribution is 2.20. The quantitative estimate of drug-likeness (QED) is 0.789. The Morgan fingerprint density at radius 1 is 1.28 bits per heavy atom. The van der Waals surface area contributed by atoms with Gasteiger partial charge in [0, 0.05) is 12.1 Å². The van der Waals surface area contributed by atoms with Crippen LogP contribution in [0.4, 0.5) is 4.39 Å².